The first kappa shape index (κ1) is 22.1. The minimum absolute atomic E-state index is 0.250. The second-order valence-corrected chi connectivity index (χ2v) is 5.01. The van der Waals surface area contributed by atoms with Crippen molar-refractivity contribution in [1.29, 1.82) is 0 Å². The summed E-state index contributed by atoms with van der Waals surface area (Å²) < 4.78 is 2.19. The molecule has 0 spiro atoms. The van der Waals surface area contributed by atoms with E-state index in [1.807, 2.05) is 24.5 Å². The Hall–Kier alpha value is -2.87. The van der Waals surface area contributed by atoms with Crippen LogP contribution in [0, 0.1) is 0 Å². The third kappa shape index (κ3) is 9.77. The standard InChI is InChI=1S/C15H21N3O.2CH2O2/c1-3-15-16-8-9-18(15)11-12(2)17-10-13-4-6-14(19)7-5-13;2*2-1-3/h4-9,12,17,19H,3,10-11H2,1-2H3;2*1H,(H,2,3). The predicted molar refractivity (Wildman–Crippen MR) is 93.4 cm³/mol. The quantitative estimate of drug-likeness (QED) is 0.584. The first-order chi connectivity index (χ1) is 12.0. The number of rotatable bonds is 6. The number of nitrogens with zero attached hydrogens (tertiary/aromatic N) is 2. The molecule has 8 heteroatoms. The molecule has 0 amide bonds. The van der Waals surface area contributed by atoms with Gasteiger partial charge in [-0.15, -0.1) is 0 Å². The van der Waals surface area contributed by atoms with Gasteiger partial charge in [-0.1, -0.05) is 19.1 Å². The summed E-state index contributed by atoms with van der Waals surface area (Å²) in [6, 6.07) is 7.67. The van der Waals surface area contributed by atoms with Crippen LogP contribution in [0.15, 0.2) is 36.7 Å². The van der Waals surface area contributed by atoms with Gasteiger partial charge in [-0.25, -0.2) is 4.98 Å². The summed E-state index contributed by atoms with van der Waals surface area (Å²) in [5.74, 6) is 1.43. The molecule has 2 aromatic rings. The number of phenols is 1. The van der Waals surface area contributed by atoms with Gasteiger partial charge < -0.3 is 25.2 Å². The molecule has 4 N–H and O–H groups in total. The fraction of sp³-hybridized carbons (Fsp3) is 0.353. The Kier molecular flexibility index (Phi) is 12.0. The fourth-order valence-corrected chi connectivity index (χ4v) is 2.09. The normalized spacial score (nSPS) is 10.5. The first-order valence-electron chi connectivity index (χ1n) is 7.69. The van der Waals surface area contributed by atoms with Crippen LogP contribution < -0.4 is 5.32 Å². The van der Waals surface area contributed by atoms with Gasteiger partial charge in [0.15, 0.2) is 0 Å². The van der Waals surface area contributed by atoms with E-state index >= 15 is 0 Å². The maximum absolute atomic E-state index is 9.23. The molecular formula is C17H25N3O5. The highest BCUT2D eigenvalue weighted by atomic mass is 16.3. The first-order valence-corrected chi connectivity index (χ1v) is 7.69. The number of aromatic nitrogens is 2. The number of benzene rings is 1. The Labute approximate surface area is 146 Å². The van der Waals surface area contributed by atoms with E-state index in [9.17, 15) is 5.11 Å². The lowest BCUT2D eigenvalue weighted by atomic mass is 10.2. The van der Waals surface area contributed by atoms with Gasteiger partial charge in [0, 0.05) is 37.9 Å². The largest absolute Gasteiger partial charge is 0.508 e. The van der Waals surface area contributed by atoms with Crippen molar-refractivity contribution >= 4 is 12.9 Å². The smallest absolute Gasteiger partial charge is 0.290 e. The second kappa shape index (κ2) is 13.6. The molecule has 0 radical (unpaired) electrons. The van der Waals surface area contributed by atoms with Crippen LogP contribution in [0.5, 0.6) is 5.75 Å². The number of imidazole rings is 1. The number of aryl methyl sites for hydroxylation is 1. The van der Waals surface area contributed by atoms with Gasteiger partial charge in [0.05, 0.1) is 0 Å². The number of aromatic hydroxyl groups is 1. The lowest BCUT2D eigenvalue weighted by molar-refractivity contribution is -0.123. The highest BCUT2D eigenvalue weighted by Crippen LogP contribution is 2.09. The molecule has 8 nitrogen and oxygen atoms in total. The van der Waals surface area contributed by atoms with E-state index in [1.54, 1.807) is 12.1 Å². The highest BCUT2D eigenvalue weighted by molar-refractivity contribution is 5.33. The summed E-state index contributed by atoms with van der Waals surface area (Å²) >= 11 is 0. The molecule has 138 valence electrons. The van der Waals surface area contributed by atoms with E-state index in [0.717, 1.165) is 25.3 Å². The highest BCUT2D eigenvalue weighted by Gasteiger charge is 2.06. The zero-order valence-corrected chi connectivity index (χ0v) is 14.4. The maximum atomic E-state index is 9.23. The zero-order chi connectivity index (χ0) is 19.1. The summed E-state index contributed by atoms with van der Waals surface area (Å²) in [4.78, 5) is 21.0. The molecule has 1 atom stereocenters. The molecule has 1 aromatic carbocycles. The van der Waals surface area contributed by atoms with Crippen molar-refractivity contribution < 1.29 is 24.9 Å². The van der Waals surface area contributed by atoms with Gasteiger partial charge in [-0.05, 0) is 24.6 Å². The van der Waals surface area contributed by atoms with Gasteiger partial charge in [0.25, 0.3) is 12.9 Å². The Balaban J connectivity index is 0.000000844. The Bertz CT molecular complexity index is 593. The molecule has 25 heavy (non-hydrogen) atoms. The SMILES string of the molecule is CCc1nccn1CC(C)NCc1ccc(O)cc1.O=CO.O=CO. The van der Waals surface area contributed by atoms with E-state index < -0.39 is 0 Å². The molecular weight excluding hydrogens is 326 g/mol. The Morgan fingerprint density at radius 1 is 1.20 bits per heavy atom. The summed E-state index contributed by atoms with van der Waals surface area (Å²) in [6.45, 7) is 5.51. The summed E-state index contributed by atoms with van der Waals surface area (Å²) in [6.07, 6.45) is 4.83. The van der Waals surface area contributed by atoms with Crippen LogP contribution in [0.1, 0.15) is 25.2 Å². The number of carboxylic acid groups (broad SMARTS) is 2. The number of carbonyl (C=O) groups is 2. The lowest BCUT2D eigenvalue weighted by Crippen LogP contribution is -2.30. The average molecular weight is 351 g/mol. The van der Waals surface area contributed by atoms with Crippen molar-refractivity contribution in [2.24, 2.45) is 0 Å². The topological polar surface area (TPSA) is 125 Å². The number of nitrogens with one attached hydrogen (secondary N) is 1. The Morgan fingerprint density at radius 3 is 2.28 bits per heavy atom. The van der Waals surface area contributed by atoms with Gasteiger partial charge in [0.1, 0.15) is 11.6 Å². The molecule has 2 rings (SSSR count). The van der Waals surface area contributed by atoms with Gasteiger partial charge >= 0.3 is 0 Å². The van der Waals surface area contributed by atoms with E-state index in [-0.39, 0.29) is 12.9 Å². The average Bonchev–Trinajstić information content (AvgIpc) is 3.03. The van der Waals surface area contributed by atoms with Crippen molar-refractivity contribution in [3.8, 4) is 5.75 Å². The van der Waals surface area contributed by atoms with Gasteiger partial charge in [-0.2, -0.15) is 0 Å². The predicted octanol–water partition coefficient (Wildman–Crippen LogP) is 1.73. The second-order valence-electron chi connectivity index (χ2n) is 5.01. The van der Waals surface area contributed by atoms with E-state index in [2.05, 4.69) is 28.7 Å². The van der Waals surface area contributed by atoms with Crippen LogP contribution in [-0.2, 0) is 29.1 Å². The van der Waals surface area contributed by atoms with E-state index in [0.29, 0.717) is 11.8 Å². The lowest BCUT2D eigenvalue weighted by Gasteiger charge is -2.16. The molecule has 0 saturated heterocycles. The molecule has 0 saturated carbocycles. The molecule has 1 aromatic heterocycles. The zero-order valence-electron chi connectivity index (χ0n) is 14.4. The van der Waals surface area contributed by atoms with Crippen LogP contribution in [0.2, 0.25) is 0 Å². The number of hydrogen-bond donors (Lipinski definition) is 4. The fourth-order valence-electron chi connectivity index (χ4n) is 2.09. The third-order valence-electron chi connectivity index (χ3n) is 3.18. The molecule has 0 fully saturated rings. The van der Waals surface area contributed by atoms with Crippen molar-refractivity contribution in [1.82, 2.24) is 14.9 Å². The van der Waals surface area contributed by atoms with E-state index in [1.165, 1.54) is 5.56 Å². The van der Waals surface area contributed by atoms with E-state index in [4.69, 9.17) is 19.8 Å². The molecule has 0 bridgehead atoms. The van der Waals surface area contributed by atoms with Gasteiger partial charge in [0.2, 0.25) is 0 Å². The maximum Gasteiger partial charge on any atom is 0.290 e. The number of phenolic OH excluding ortho intramolecular Hbond substituents is 1. The molecule has 1 unspecified atom stereocenters. The van der Waals surface area contributed by atoms with Crippen molar-refractivity contribution in [3.05, 3.63) is 48.0 Å². The molecule has 0 aliphatic heterocycles. The molecule has 0 aliphatic rings. The summed E-state index contributed by atoms with van der Waals surface area (Å²) in [5, 5.41) is 26.5. The Morgan fingerprint density at radius 2 is 1.76 bits per heavy atom. The molecule has 0 aliphatic carbocycles. The van der Waals surface area contributed by atoms with Gasteiger partial charge in [-0.3, -0.25) is 9.59 Å². The summed E-state index contributed by atoms with van der Waals surface area (Å²) in [7, 11) is 0. The van der Waals surface area contributed by atoms with Crippen LogP contribution in [-0.4, -0.2) is 43.9 Å². The van der Waals surface area contributed by atoms with Crippen molar-refractivity contribution in [3.63, 3.8) is 0 Å². The number of hydrogen-bond acceptors (Lipinski definition) is 5. The van der Waals surface area contributed by atoms with Crippen molar-refractivity contribution in [2.75, 3.05) is 0 Å². The van der Waals surface area contributed by atoms with Crippen LogP contribution in [0.3, 0.4) is 0 Å². The van der Waals surface area contributed by atoms with Crippen LogP contribution in [0.25, 0.3) is 0 Å². The minimum Gasteiger partial charge on any atom is -0.508 e. The molecule has 1 heterocycles. The minimum atomic E-state index is -0.250. The van der Waals surface area contributed by atoms with Crippen molar-refractivity contribution in [2.45, 2.75) is 39.4 Å². The third-order valence-corrected chi connectivity index (χ3v) is 3.18. The summed E-state index contributed by atoms with van der Waals surface area (Å²) in [5.41, 5.74) is 1.17. The van der Waals surface area contributed by atoms with Crippen LogP contribution >= 0.6 is 0 Å². The monoisotopic (exact) mass is 351 g/mol. The van der Waals surface area contributed by atoms with Crippen LogP contribution in [0.4, 0.5) is 0 Å².